The standard InChI is InChI=1S/C14H15NO3/c1-10-5-7-11(8-6-10)13(9-15(17)18)12-3-2-4-14(12)16/h5-8H,2-4,9H2,1H3/b13-12+. The normalized spacial score (nSPS) is 17.9. The molecule has 2 rings (SSSR count). The predicted octanol–water partition coefficient (Wildman–Crippen LogP) is 2.78. The van der Waals surface area contributed by atoms with Gasteiger partial charge in [-0.15, -0.1) is 0 Å². The van der Waals surface area contributed by atoms with E-state index in [0.29, 0.717) is 24.0 Å². The minimum atomic E-state index is -0.367. The van der Waals surface area contributed by atoms with Crippen LogP contribution in [0.3, 0.4) is 0 Å². The maximum Gasteiger partial charge on any atom is 0.229 e. The summed E-state index contributed by atoms with van der Waals surface area (Å²) < 4.78 is 0. The lowest BCUT2D eigenvalue weighted by atomic mass is 9.97. The Hall–Kier alpha value is -1.97. The van der Waals surface area contributed by atoms with Crippen LogP contribution >= 0.6 is 0 Å². The van der Waals surface area contributed by atoms with E-state index in [2.05, 4.69) is 0 Å². The van der Waals surface area contributed by atoms with Gasteiger partial charge in [0.05, 0.1) is 0 Å². The molecule has 1 aromatic rings. The van der Waals surface area contributed by atoms with E-state index >= 15 is 0 Å². The molecule has 0 aromatic heterocycles. The third-order valence-electron chi connectivity index (χ3n) is 3.22. The van der Waals surface area contributed by atoms with E-state index in [1.165, 1.54) is 0 Å². The molecule has 0 radical (unpaired) electrons. The second kappa shape index (κ2) is 5.12. The molecule has 1 aliphatic rings. The molecule has 0 spiro atoms. The first-order chi connectivity index (χ1) is 8.58. The molecule has 1 fully saturated rings. The van der Waals surface area contributed by atoms with E-state index in [1.54, 1.807) is 0 Å². The highest BCUT2D eigenvalue weighted by atomic mass is 16.6. The molecule has 0 atom stereocenters. The van der Waals surface area contributed by atoms with Gasteiger partial charge in [-0.3, -0.25) is 14.9 Å². The summed E-state index contributed by atoms with van der Waals surface area (Å²) in [5, 5.41) is 10.8. The number of hydrogen-bond acceptors (Lipinski definition) is 3. The van der Waals surface area contributed by atoms with Crippen molar-refractivity contribution >= 4 is 11.4 Å². The highest BCUT2D eigenvalue weighted by Gasteiger charge is 2.24. The van der Waals surface area contributed by atoms with Crippen LogP contribution in [0.15, 0.2) is 29.8 Å². The Morgan fingerprint density at radius 1 is 1.28 bits per heavy atom. The lowest BCUT2D eigenvalue weighted by molar-refractivity contribution is -0.465. The number of ketones is 1. The average Bonchev–Trinajstić information content (AvgIpc) is 2.73. The molecule has 0 bridgehead atoms. The molecule has 0 aliphatic heterocycles. The predicted molar refractivity (Wildman–Crippen MR) is 68.8 cm³/mol. The summed E-state index contributed by atoms with van der Waals surface area (Å²) in [7, 11) is 0. The van der Waals surface area contributed by atoms with Gasteiger partial charge in [0.25, 0.3) is 0 Å². The maximum absolute atomic E-state index is 11.8. The van der Waals surface area contributed by atoms with Crippen LogP contribution < -0.4 is 0 Å². The molecular formula is C14H15NO3. The molecule has 18 heavy (non-hydrogen) atoms. The Bertz CT molecular complexity index is 514. The molecular weight excluding hydrogens is 230 g/mol. The highest BCUT2D eigenvalue weighted by molar-refractivity contribution is 6.04. The molecule has 1 aliphatic carbocycles. The van der Waals surface area contributed by atoms with Crippen molar-refractivity contribution in [3.8, 4) is 0 Å². The first-order valence-electron chi connectivity index (χ1n) is 6.02. The molecule has 1 saturated carbocycles. The first kappa shape index (κ1) is 12.5. The van der Waals surface area contributed by atoms with Gasteiger partial charge in [0.15, 0.2) is 5.78 Å². The lowest BCUT2D eigenvalue weighted by Crippen LogP contribution is -2.08. The quantitative estimate of drug-likeness (QED) is 0.467. The minimum Gasteiger partial charge on any atom is -0.295 e. The maximum atomic E-state index is 11.8. The van der Waals surface area contributed by atoms with E-state index in [-0.39, 0.29) is 17.3 Å². The van der Waals surface area contributed by atoms with Crippen molar-refractivity contribution in [2.75, 3.05) is 6.54 Å². The number of aryl methyl sites for hydroxylation is 1. The van der Waals surface area contributed by atoms with Crippen LogP contribution in [-0.4, -0.2) is 17.3 Å². The Kier molecular flexibility index (Phi) is 3.55. The second-order valence-electron chi connectivity index (χ2n) is 4.59. The number of benzene rings is 1. The number of Topliss-reactive ketones (excluding diaryl/α,β-unsaturated/α-hetero) is 1. The molecule has 0 unspecified atom stereocenters. The second-order valence-corrected chi connectivity index (χ2v) is 4.59. The molecule has 4 heteroatoms. The Morgan fingerprint density at radius 3 is 2.44 bits per heavy atom. The third kappa shape index (κ3) is 2.64. The van der Waals surface area contributed by atoms with Gasteiger partial charge in [0.1, 0.15) is 0 Å². The third-order valence-corrected chi connectivity index (χ3v) is 3.22. The van der Waals surface area contributed by atoms with Gasteiger partial charge < -0.3 is 0 Å². The molecule has 0 heterocycles. The monoisotopic (exact) mass is 245 g/mol. The van der Waals surface area contributed by atoms with Crippen LogP contribution in [0.2, 0.25) is 0 Å². The van der Waals surface area contributed by atoms with Crippen LogP contribution in [-0.2, 0) is 4.79 Å². The molecule has 1 aromatic carbocycles. The van der Waals surface area contributed by atoms with Gasteiger partial charge in [0, 0.05) is 22.5 Å². The van der Waals surface area contributed by atoms with Gasteiger partial charge in [-0.1, -0.05) is 29.8 Å². The number of nitro groups is 1. The van der Waals surface area contributed by atoms with Crippen molar-refractivity contribution in [2.24, 2.45) is 0 Å². The van der Waals surface area contributed by atoms with Crippen LogP contribution in [0, 0.1) is 17.0 Å². The van der Waals surface area contributed by atoms with Crippen LogP contribution in [0.4, 0.5) is 0 Å². The molecule has 0 amide bonds. The fraction of sp³-hybridized carbons (Fsp3) is 0.357. The minimum absolute atomic E-state index is 0.0624. The highest BCUT2D eigenvalue weighted by Crippen LogP contribution is 2.29. The largest absolute Gasteiger partial charge is 0.295 e. The van der Waals surface area contributed by atoms with E-state index in [1.807, 2.05) is 31.2 Å². The Labute approximate surface area is 105 Å². The Balaban J connectivity index is 2.45. The van der Waals surface area contributed by atoms with Gasteiger partial charge in [-0.05, 0) is 25.3 Å². The van der Waals surface area contributed by atoms with Gasteiger partial charge >= 0.3 is 0 Å². The summed E-state index contributed by atoms with van der Waals surface area (Å²) in [5.41, 5.74) is 3.13. The fourth-order valence-electron chi connectivity index (χ4n) is 2.28. The van der Waals surface area contributed by atoms with Crippen LogP contribution in [0.25, 0.3) is 5.57 Å². The Morgan fingerprint density at radius 2 is 1.94 bits per heavy atom. The first-order valence-corrected chi connectivity index (χ1v) is 6.02. The summed E-state index contributed by atoms with van der Waals surface area (Å²) in [6.07, 6.45) is 1.99. The SMILES string of the molecule is Cc1ccc(/C(C[N+](=O)[O-])=C2\CCCC2=O)cc1. The molecule has 0 N–H and O–H groups in total. The average molecular weight is 245 g/mol. The molecule has 94 valence electrons. The lowest BCUT2D eigenvalue weighted by Gasteiger charge is -2.07. The van der Waals surface area contributed by atoms with E-state index in [0.717, 1.165) is 17.5 Å². The van der Waals surface area contributed by atoms with Crippen LogP contribution in [0.1, 0.15) is 30.4 Å². The summed E-state index contributed by atoms with van der Waals surface area (Å²) in [5.74, 6) is 0.0624. The number of rotatable bonds is 3. The number of hydrogen-bond donors (Lipinski definition) is 0. The molecule has 4 nitrogen and oxygen atoms in total. The van der Waals surface area contributed by atoms with Crippen molar-refractivity contribution in [1.82, 2.24) is 0 Å². The van der Waals surface area contributed by atoms with Crippen LogP contribution in [0.5, 0.6) is 0 Å². The van der Waals surface area contributed by atoms with Crippen molar-refractivity contribution in [3.05, 3.63) is 51.1 Å². The number of nitrogens with zero attached hydrogens (tertiary/aromatic N) is 1. The van der Waals surface area contributed by atoms with Gasteiger partial charge in [0.2, 0.25) is 6.54 Å². The molecule has 0 saturated heterocycles. The smallest absolute Gasteiger partial charge is 0.229 e. The summed E-state index contributed by atoms with van der Waals surface area (Å²) in [6, 6.07) is 7.53. The van der Waals surface area contributed by atoms with E-state index in [9.17, 15) is 14.9 Å². The van der Waals surface area contributed by atoms with Gasteiger partial charge in [-0.2, -0.15) is 0 Å². The number of allylic oxidation sites excluding steroid dienone is 1. The van der Waals surface area contributed by atoms with Crippen molar-refractivity contribution in [3.63, 3.8) is 0 Å². The summed E-state index contributed by atoms with van der Waals surface area (Å²) in [4.78, 5) is 22.2. The fourth-order valence-corrected chi connectivity index (χ4v) is 2.28. The van der Waals surface area contributed by atoms with E-state index < -0.39 is 0 Å². The summed E-state index contributed by atoms with van der Waals surface area (Å²) >= 11 is 0. The zero-order valence-electron chi connectivity index (χ0n) is 10.3. The van der Waals surface area contributed by atoms with Crippen molar-refractivity contribution in [2.45, 2.75) is 26.2 Å². The van der Waals surface area contributed by atoms with Crippen molar-refractivity contribution < 1.29 is 9.72 Å². The number of carbonyl (C=O) groups is 1. The zero-order chi connectivity index (χ0) is 13.1. The topological polar surface area (TPSA) is 60.2 Å². The number of carbonyl (C=O) groups excluding carboxylic acids is 1. The van der Waals surface area contributed by atoms with Gasteiger partial charge in [-0.25, -0.2) is 0 Å². The summed E-state index contributed by atoms with van der Waals surface area (Å²) in [6.45, 7) is 1.69. The van der Waals surface area contributed by atoms with Crippen molar-refractivity contribution in [1.29, 1.82) is 0 Å². The van der Waals surface area contributed by atoms with E-state index in [4.69, 9.17) is 0 Å². The zero-order valence-corrected chi connectivity index (χ0v) is 10.3.